The maximum Gasteiger partial charge on any atom is 0.201 e. The van der Waals surface area contributed by atoms with Gasteiger partial charge in [-0.2, -0.15) is 0 Å². The van der Waals surface area contributed by atoms with Crippen molar-refractivity contribution in [3.05, 3.63) is 75.8 Å². The van der Waals surface area contributed by atoms with Crippen LogP contribution in [0.1, 0.15) is 106 Å². The quantitative estimate of drug-likeness (QED) is 0.198. The minimum Gasteiger partial charge on any atom is -0.482 e. The Morgan fingerprint density at radius 3 is 2.09 bits per heavy atom. The van der Waals surface area contributed by atoms with E-state index in [1.54, 1.807) is 13.0 Å². The van der Waals surface area contributed by atoms with Crippen LogP contribution in [-0.4, -0.2) is 36.5 Å². The number of carbonyl (C=O) groups is 2. The van der Waals surface area contributed by atoms with Crippen LogP contribution in [0.15, 0.2) is 69.7 Å². The molecule has 5 nitrogen and oxygen atoms in total. The minimum absolute atomic E-state index is 0.0302. The van der Waals surface area contributed by atoms with Crippen molar-refractivity contribution in [3.8, 4) is 5.75 Å². The van der Waals surface area contributed by atoms with Crippen LogP contribution < -0.4 is 9.64 Å². The van der Waals surface area contributed by atoms with E-state index in [1.807, 2.05) is 37.3 Å². The fourth-order valence-electron chi connectivity index (χ4n) is 5.28. The molecule has 2 aromatic rings. The highest BCUT2D eigenvalue weighted by molar-refractivity contribution is 6.49. The van der Waals surface area contributed by atoms with Crippen molar-refractivity contribution in [1.82, 2.24) is 0 Å². The largest absolute Gasteiger partial charge is 0.482 e. The van der Waals surface area contributed by atoms with Crippen molar-refractivity contribution in [2.24, 2.45) is 4.99 Å². The number of aliphatic imine (C=N–C) groups is 1. The van der Waals surface area contributed by atoms with Gasteiger partial charge in [0.15, 0.2) is 11.9 Å². The Bertz CT molecular complexity index is 1440. The summed E-state index contributed by atoms with van der Waals surface area (Å²) in [5.74, 6) is 0.236. The molecule has 0 saturated carbocycles. The number of carbonyl (C=O) groups excluding carboxylic acids is 2. The van der Waals surface area contributed by atoms with Gasteiger partial charge >= 0.3 is 0 Å². The predicted molar refractivity (Wildman–Crippen MR) is 186 cm³/mol. The van der Waals surface area contributed by atoms with Crippen LogP contribution in [0.3, 0.4) is 0 Å². The van der Waals surface area contributed by atoms with E-state index in [2.05, 4.69) is 72.4 Å². The van der Waals surface area contributed by atoms with Gasteiger partial charge in [-0.05, 0) is 98.4 Å². The molecule has 0 aromatic heterocycles. The number of allylic oxidation sites excluding steroid dienone is 4. The lowest BCUT2D eigenvalue weighted by Crippen LogP contribution is -2.30. The summed E-state index contributed by atoms with van der Waals surface area (Å²) in [5, 5.41) is 0.101. The Labute approximate surface area is 270 Å². The number of benzene rings is 2. The van der Waals surface area contributed by atoms with Gasteiger partial charge in [-0.3, -0.25) is 9.59 Å². The predicted octanol–water partition coefficient (Wildman–Crippen LogP) is 9.82. The molecule has 0 aliphatic heterocycles. The van der Waals surface area contributed by atoms with Crippen molar-refractivity contribution in [1.29, 1.82) is 0 Å². The third kappa shape index (κ3) is 7.90. The molecule has 1 aliphatic carbocycles. The molecule has 238 valence electrons. The highest BCUT2D eigenvalue weighted by Gasteiger charge is 2.31. The summed E-state index contributed by atoms with van der Waals surface area (Å²) in [6, 6.07) is 14.4. The number of ether oxygens (including phenoxy) is 1. The van der Waals surface area contributed by atoms with E-state index in [0.29, 0.717) is 23.3 Å². The molecule has 0 saturated heterocycles. The van der Waals surface area contributed by atoms with Crippen molar-refractivity contribution in [2.75, 3.05) is 18.0 Å². The highest BCUT2D eigenvalue weighted by Crippen LogP contribution is 2.39. The first-order valence-electron chi connectivity index (χ1n) is 16.1. The maximum absolute atomic E-state index is 13.7. The molecule has 1 atom stereocenters. The fourth-order valence-corrected chi connectivity index (χ4v) is 5.50. The first-order valence-corrected chi connectivity index (χ1v) is 16.5. The number of halogens is 1. The third-order valence-corrected chi connectivity index (χ3v) is 9.82. The topological polar surface area (TPSA) is 59.0 Å². The average molecular weight is 619 g/mol. The number of hydrogen-bond acceptors (Lipinski definition) is 5. The van der Waals surface area contributed by atoms with Crippen LogP contribution in [0.2, 0.25) is 0 Å². The summed E-state index contributed by atoms with van der Waals surface area (Å²) >= 11 is 6.51. The molecule has 0 radical (unpaired) electrons. The zero-order valence-corrected chi connectivity index (χ0v) is 29.2. The van der Waals surface area contributed by atoms with Crippen LogP contribution in [0.4, 0.5) is 11.4 Å². The van der Waals surface area contributed by atoms with Gasteiger partial charge in [-0.25, -0.2) is 4.99 Å². The number of hydrogen-bond donors (Lipinski definition) is 0. The lowest BCUT2D eigenvalue weighted by atomic mass is 9.76. The summed E-state index contributed by atoms with van der Waals surface area (Å²) in [5.41, 5.74) is 5.66. The van der Waals surface area contributed by atoms with Gasteiger partial charge in [0.2, 0.25) is 5.78 Å². The second-order valence-electron chi connectivity index (χ2n) is 13.0. The molecule has 2 aromatic carbocycles. The van der Waals surface area contributed by atoms with Gasteiger partial charge in [-0.15, -0.1) is 0 Å². The van der Waals surface area contributed by atoms with E-state index in [4.69, 9.17) is 21.3 Å². The molecule has 0 N–H and O–H groups in total. The molecule has 1 unspecified atom stereocenters. The lowest BCUT2D eigenvalue weighted by molar-refractivity contribution is -0.126. The summed E-state index contributed by atoms with van der Waals surface area (Å²) in [6.07, 6.45) is 3.36. The Kier molecular flexibility index (Phi) is 11.8. The van der Waals surface area contributed by atoms with Gasteiger partial charge in [0.05, 0.1) is 16.4 Å². The number of ketones is 2. The minimum atomic E-state index is -0.695. The number of Topliss-reactive ketones (excluding diaryl/α,β-unsaturated/α-hetero) is 2. The van der Waals surface area contributed by atoms with Gasteiger partial charge in [0, 0.05) is 36.3 Å². The van der Waals surface area contributed by atoms with Crippen LogP contribution in [-0.2, 0) is 20.4 Å². The molecule has 0 bridgehead atoms. The summed E-state index contributed by atoms with van der Waals surface area (Å²) < 4.78 is 6.47. The maximum atomic E-state index is 13.7. The molecule has 44 heavy (non-hydrogen) atoms. The molecule has 0 heterocycles. The summed E-state index contributed by atoms with van der Waals surface area (Å²) in [4.78, 5) is 33.9. The average Bonchev–Trinajstić information content (AvgIpc) is 3.02. The Morgan fingerprint density at radius 1 is 0.932 bits per heavy atom. The normalized spacial score (nSPS) is 15.8. The van der Waals surface area contributed by atoms with Crippen molar-refractivity contribution < 1.29 is 14.3 Å². The van der Waals surface area contributed by atoms with Crippen molar-refractivity contribution in [3.63, 3.8) is 0 Å². The molecule has 6 heteroatoms. The monoisotopic (exact) mass is 618 g/mol. The molecule has 0 fully saturated rings. The first-order chi connectivity index (χ1) is 20.7. The number of nitrogens with zero attached hydrogens (tertiary/aromatic N) is 2. The van der Waals surface area contributed by atoms with E-state index in [-0.39, 0.29) is 33.8 Å². The van der Waals surface area contributed by atoms with Crippen LogP contribution >= 0.6 is 11.6 Å². The standard InChI is InChI=1S/C38H51ClN2O3/c1-11-33(44-34-21-16-27(37(7,8)12-2)24-30(34)38(9,10)13-3)32(42)23-26-22-31(25(6)35(39)36(26)43)40-28-17-19-29(20-18-28)41(14-4)15-5/h16-22,24,33H,11-15,23H2,1-10H3. The van der Waals surface area contributed by atoms with Crippen molar-refractivity contribution >= 4 is 40.3 Å². The first kappa shape index (κ1) is 35.3. The molecular weight excluding hydrogens is 568 g/mol. The zero-order valence-electron chi connectivity index (χ0n) is 28.4. The highest BCUT2D eigenvalue weighted by atomic mass is 35.5. The van der Waals surface area contributed by atoms with Gasteiger partial charge in [0.1, 0.15) is 5.75 Å². The fraction of sp³-hybridized carbons (Fsp3) is 0.500. The lowest BCUT2D eigenvalue weighted by Gasteiger charge is -2.31. The zero-order chi connectivity index (χ0) is 32.8. The summed E-state index contributed by atoms with van der Waals surface area (Å²) in [6.45, 7) is 23.1. The molecular formula is C38H51ClN2O3. The van der Waals surface area contributed by atoms with Crippen LogP contribution in [0, 0.1) is 0 Å². The van der Waals surface area contributed by atoms with Crippen LogP contribution in [0.5, 0.6) is 5.75 Å². The second kappa shape index (κ2) is 14.7. The number of rotatable bonds is 14. The van der Waals surface area contributed by atoms with E-state index >= 15 is 0 Å². The van der Waals surface area contributed by atoms with Crippen molar-refractivity contribution in [2.45, 2.75) is 112 Å². The molecule has 0 spiro atoms. The SMILES string of the molecule is CCC(Oc1ccc(C(C)(C)CC)cc1C(C)(C)CC)C(=O)CC1=CC(=Nc2ccc(N(CC)CC)cc2)C(C)=C(Cl)C1=O. The Hall–Kier alpha value is -3.18. The van der Waals surface area contributed by atoms with Gasteiger partial charge in [-0.1, -0.05) is 72.2 Å². The molecule has 1 aliphatic rings. The van der Waals surface area contributed by atoms with Gasteiger partial charge < -0.3 is 9.64 Å². The van der Waals surface area contributed by atoms with E-state index in [9.17, 15) is 9.59 Å². The van der Waals surface area contributed by atoms with E-state index in [1.165, 1.54) is 5.56 Å². The second-order valence-corrected chi connectivity index (χ2v) is 13.3. The van der Waals surface area contributed by atoms with E-state index in [0.717, 1.165) is 48.6 Å². The smallest absolute Gasteiger partial charge is 0.201 e. The van der Waals surface area contributed by atoms with Gasteiger partial charge in [0.25, 0.3) is 0 Å². The van der Waals surface area contributed by atoms with E-state index < -0.39 is 6.10 Å². The Balaban J connectivity index is 1.90. The molecule has 3 rings (SSSR count). The third-order valence-electron chi connectivity index (χ3n) is 9.36. The Morgan fingerprint density at radius 2 is 1.55 bits per heavy atom. The number of anilines is 1. The molecule has 0 amide bonds. The summed E-state index contributed by atoms with van der Waals surface area (Å²) in [7, 11) is 0. The van der Waals surface area contributed by atoms with Crippen LogP contribution in [0.25, 0.3) is 0 Å².